The normalized spacial score (nSPS) is 25.1. The van der Waals surface area contributed by atoms with Gasteiger partial charge in [-0.25, -0.2) is 0 Å². The van der Waals surface area contributed by atoms with Gasteiger partial charge >= 0.3 is 0 Å². The number of hydrogen-bond acceptors (Lipinski definition) is 3. The maximum Gasteiger partial charge on any atom is 0.230 e. The zero-order valence-electron chi connectivity index (χ0n) is 12.3. The van der Waals surface area contributed by atoms with Crippen LogP contribution >= 0.6 is 11.8 Å². The molecule has 1 saturated heterocycles. The van der Waals surface area contributed by atoms with Crippen molar-refractivity contribution in [2.75, 3.05) is 32.1 Å². The fraction of sp³-hybridized carbons (Fsp3) is 0.929. The predicted octanol–water partition coefficient (Wildman–Crippen LogP) is 2.37. The van der Waals surface area contributed by atoms with Gasteiger partial charge in [-0.15, -0.1) is 0 Å². The molecule has 1 aliphatic heterocycles. The monoisotopic (exact) mass is 272 g/mol. The van der Waals surface area contributed by atoms with Crippen LogP contribution in [-0.2, 0) is 4.79 Å². The van der Waals surface area contributed by atoms with Gasteiger partial charge in [-0.3, -0.25) is 4.79 Å². The van der Waals surface area contributed by atoms with Crippen molar-refractivity contribution in [1.82, 2.24) is 10.2 Å². The molecule has 0 saturated carbocycles. The fourth-order valence-corrected chi connectivity index (χ4v) is 3.81. The molecule has 1 amide bonds. The largest absolute Gasteiger partial charge is 0.341 e. The Morgan fingerprint density at radius 3 is 2.67 bits per heavy atom. The standard InChI is InChI=1S/C14H28N2OS/c1-5-7-14(8-9-15-11-14)13(17)16(3)12(6-2)10-18-4/h12,15H,5-11H2,1-4H3. The summed E-state index contributed by atoms with van der Waals surface area (Å²) < 4.78 is 0. The Labute approximate surface area is 116 Å². The first-order valence-corrected chi connectivity index (χ1v) is 8.47. The molecule has 18 heavy (non-hydrogen) atoms. The highest BCUT2D eigenvalue weighted by atomic mass is 32.2. The van der Waals surface area contributed by atoms with Crippen molar-refractivity contribution < 1.29 is 4.79 Å². The number of amides is 1. The summed E-state index contributed by atoms with van der Waals surface area (Å²) in [6, 6.07) is 0.377. The van der Waals surface area contributed by atoms with E-state index < -0.39 is 0 Å². The zero-order valence-corrected chi connectivity index (χ0v) is 13.1. The minimum Gasteiger partial charge on any atom is -0.341 e. The molecule has 106 valence electrons. The third kappa shape index (κ3) is 3.41. The SMILES string of the molecule is CCCC1(C(=O)N(C)C(CC)CSC)CCNC1. The Morgan fingerprint density at radius 2 is 2.22 bits per heavy atom. The summed E-state index contributed by atoms with van der Waals surface area (Å²) in [6.45, 7) is 6.19. The van der Waals surface area contributed by atoms with Crippen LogP contribution in [0.3, 0.4) is 0 Å². The Balaban J connectivity index is 2.75. The van der Waals surface area contributed by atoms with Crippen LogP contribution in [0, 0.1) is 5.41 Å². The van der Waals surface area contributed by atoms with Crippen LogP contribution in [0.15, 0.2) is 0 Å². The summed E-state index contributed by atoms with van der Waals surface area (Å²) in [5, 5.41) is 3.37. The van der Waals surface area contributed by atoms with E-state index in [1.165, 1.54) is 0 Å². The average molecular weight is 272 g/mol. The van der Waals surface area contributed by atoms with Crippen molar-refractivity contribution in [3.05, 3.63) is 0 Å². The zero-order chi connectivity index (χ0) is 13.6. The van der Waals surface area contributed by atoms with Crippen LogP contribution in [0.2, 0.25) is 0 Å². The topological polar surface area (TPSA) is 32.3 Å². The third-order valence-corrected chi connectivity index (χ3v) is 4.84. The molecule has 0 aliphatic carbocycles. The van der Waals surface area contributed by atoms with E-state index in [9.17, 15) is 4.79 Å². The van der Waals surface area contributed by atoms with Crippen molar-refractivity contribution in [2.24, 2.45) is 5.41 Å². The number of carbonyl (C=O) groups excluding carboxylic acids is 1. The van der Waals surface area contributed by atoms with Gasteiger partial charge in [0.25, 0.3) is 0 Å². The number of thioether (sulfide) groups is 1. The Morgan fingerprint density at radius 1 is 1.50 bits per heavy atom. The number of hydrogen-bond donors (Lipinski definition) is 1. The quantitative estimate of drug-likeness (QED) is 0.772. The molecule has 0 aromatic heterocycles. The summed E-state index contributed by atoms with van der Waals surface area (Å²) >= 11 is 1.83. The number of carbonyl (C=O) groups is 1. The minimum absolute atomic E-state index is 0.130. The molecule has 4 heteroatoms. The first-order chi connectivity index (χ1) is 8.61. The number of nitrogens with one attached hydrogen (secondary N) is 1. The molecule has 0 bridgehead atoms. The molecular formula is C14H28N2OS. The summed E-state index contributed by atoms with van der Waals surface area (Å²) in [4.78, 5) is 14.8. The maximum atomic E-state index is 12.8. The van der Waals surface area contributed by atoms with Gasteiger partial charge in [0, 0.05) is 25.4 Å². The second-order valence-corrected chi connectivity index (χ2v) is 6.30. The highest BCUT2D eigenvalue weighted by Gasteiger charge is 2.42. The summed E-state index contributed by atoms with van der Waals surface area (Å²) in [5.41, 5.74) is -0.130. The van der Waals surface area contributed by atoms with E-state index in [0.29, 0.717) is 11.9 Å². The molecule has 0 radical (unpaired) electrons. The van der Waals surface area contributed by atoms with Gasteiger partial charge in [0.2, 0.25) is 5.91 Å². The summed E-state index contributed by atoms with van der Waals surface area (Å²) in [6.07, 6.45) is 6.25. The fourth-order valence-electron chi connectivity index (χ4n) is 2.96. The van der Waals surface area contributed by atoms with Gasteiger partial charge < -0.3 is 10.2 Å². The maximum absolute atomic E-state index is 12.8. The molecule has 1 aliphatic rings. The van der Waals surface area contributed by atoms with Crippen LogP contribution in [0.4, 0.5) is 0 Å². The van der Waals surface area contributed by atoms with Crippen LogP contribution in [0.1, 0.15) is 39.5 Å². The molecule has 0 aromatic rings. The molecule has 2 atom stereocenters. The highest BCUT2D eigenvalue weighted by molar-refractivity contribution is 7.98. The molecular weight excluding hydrogens is 244 g/mol. The molecule has 1 heterocycles. The summed E-state index contributed by atoms with van der Waals surface area (Å²) in [7, 11) is 1.99. The van der Waals surface area contributed by atoms with Gasteiger partial charge in [-0.05, 0) is 32.1 Å². The van der Waals surface area contributed by atoms with E-state index >= 15 is 0 Å². The first kappa shape index (κ1) is 15.8. The Hall–Kier alpha value is -0.220. The molecule has 2 unspecified atom stereocenters. The smallest absolute Gasteiger partial charge is 0.230 e. The van der Waals surface area contributed by atoms with E-state index in [-0.39, 0.29) is 5.41 Å². The first-order valence-electron chi connectivity index (χ1n) is 7.08. The average Bonchev–Trinajstić information content (AvgIpc) is 2.84. The molecule has 0 aromatic carbocycles. The Kier molecular flexibility index (Phi) is 6.50. The van der Waals surface area contributed by atoms with E-state index in [2.05, 4.69) is 25.4 Å². The molecule has 3 nitrogen and oxygen atoms in total. The van der Waals surface area contributed by atoms with Crippen LogP contribution in [0.25, 0.3) is 0 Å². The van der Waals surface area contributed by atoms with Crippen LogP contribution in [-0.4, -0.2) is 49.0 Å². The van der Waals surface area contributed by atoms with Gasteiger partial charge in [-0.1, -0.05) is 20.3 Å². The molecule has 1 fully saturated rings. The molecule has 1 N–H and O–H groups in total. The van der Waals surface area contributed by atoms with E-state index in [4.69, 9.17) is 0 Å². The van der Waals surface area contributed by atoms with Crippen molar-refractivity contribution in [3.63, 3.8) is 0 Å². The number of nitrogens with zero attached hydrogens (tertiary/aromatic N) is 1. The van der Waals surface area contributed by atoms with Crippen molar-refractivity contribution in [2.45, 2.75) is 45.6 Å². The number of rotatable bonds is 7. The van der Waals surface area contributed by atoms with Gasteiger partial charge in [0.1, 0.15) is 0 Å². The van der Waals surface area contributed by atoms with E-state index in [0.717, 1.165) is 44.5 Å². The van der Waals surface area contributed by atoms with Gasteiger partial charge in [0.05, 0.1) is 5.41 Å². The molecule has 0 spiro atoms. The summed E-state index contributed by atoms with van der Waals surface area (Å²) in [5.74, 6) is 1.39. The lowest BCUT2D eigenvalue weighted by Crippen LogP contribution is -2.48. The third-order valence-electron chi connectivity index (χ3n) is 4.12. The highest BCUT2D eigenvalue weighted by Crippen LogP contribution is 2.34. The van der Waals surface area contributed by atoms with Crippen molar-refractivity contribution in [3.8, 4) is 0 Å². The second kappa shape index (κ2) is 7.39. The van der Waals surface area contributed by atoms with Gasteiger partial charge in [-0.2, -0.15) is 11.8 Å². The predicted molar refractivity (Wildman–Crippen MR) is 80.1 cm³/mol. The van der Waals surface area contributed by atoms with Crippen molar-refractivity contribution >= 4 is 17.7 Å². The van der Waals surface area contributed by atoms with E-state index in [1.54, 1.807) is 0 Å². The van der Waals surface area contributed by atoms with Crippen LogP contribution < -0.4 is 5.32 Å². The minimum atomic E-state index is -0.130. The van der Waals surface area contributed by atoms with Crippen LogP contribution in [0.5, 0.6) is 0 Å². The molecule has 1 rings (SSSR count). The lowest BCUT2D eigenvalue weighted by atomic mass is 9.81. The lowest BCUT2D eigenvalue weighted by Gasteiger charge is -2.36. The lowest BCUT2D eigenvalue weighted by molar-refractivity contribution is -0.142. The van der Waals surface area contributed by atoms with E-state index in [1.807, 2.05) is 23.7 Å². The Bertz CT molecular complexity index is 265. The second-order valence-electron chi connectivity index (χ2n) is 5.39. The van der Waals surface area contributed by atoms with Crippen molar-refractivity contribution in [1.29, 1.82) is 0 Å². The van der Waals surface area contributed by atoms with Gasteiger partial charge in [0.15, 0.2) is 0 Å².